The molecular weight excluding hydrogens is 206 g/mol. The molecule has 0 aromatic heterocycles. The van der Waals surface area contributed by atoms with Crippen molar-refractivity contribution < 1.29 is 14.3 Å². The second-order valence-corrected chi connectivity index (χ2v) is 3.61. The van der Waals surface area contributed by atoms with E-state index in [1.54, 1.807) is 19.2 Å². The van der Waals surface area contributed by atoms with Gasteiger partial charge < -0.3 is 15.2 Å². The maximum atomic E-state index is 11.4. The van der Waals surface area contributed by atoms with Crippen LogP contribution in [0.4, 0.5) is 0 Å². The Labute approximate surface area is 95.3 Å². The lowest BCUT2D eigenvalue weighted by molar-refractivity contribution is -0.142. The average molecular weight is 223 g/mol. The van der Waals surface area contributed by atoms with E-state index in [0.29, 0.717) is 0 Å². The predicted molar refractivity (Wildman–Crippen MR) is 61.4 cm³/mol. The fourth-order valence-electron chi connectivity index (χ4n) is 1.63. The number of benzene rings is 1. The number of ether oxygens (including phenoxy) is 2. The molecule has 1 aromatic carbocycles. The molecule has 0 radical (unpaired) electrons. The van der Waals surface area contributed by atoms with Gasteiger partial charge in [-0.15, -0.1) is 0 Å². The summed E-state index contributed by atoms with van der Waals surface area (Å²) in [5.74, 6) is 0.353. The topological polar surface area (TPSA) is 61.5 Å². The summed E-state index contributed by atoms with van der Waals surface area (Å²) in [6.07, 6.45) is 0. The summed E-state index contributed by atoms with van der Waals surface area (Å²) < 4.78 is 9.81. The van der Waals surface area contributed by atoms with Crippen LogP contribution >= 0.6 is 0 Å². The molecule has 0 aliphatic carbocycles. The van der Waals surface area contributed by atoms with E-state index in [1.807, 2.05) is 13.8 Å². The first-order chi connectivity index (χ1) is 7.52. The number of hydrogen-bond donors (Lipinski definition) is 1. The van der Waals surface area contributed by atoms with Crippen LogP contribution in [0.3, 0.4) is 0 Å². The lowest BCUT2D eigenvalue weighted by atomic mass is 9.97. The van der Waals surface area contributed by atoms with E-state index in [2.05, 4.69) is 4.74 Å². The first-order valence-corrected chi connectivity index (χ1v) is 5.00. The molecule has 0 saturated heterocycles. The smallest absolute Gasteiger partial charge is 0.327 e. The molecule has 1 aromatic rings. The zero-order chi connectivity index (χ0) is 12.3. The summed E-state index contributed by atoms with van der Waals surface area (Å²) in [5, 5.41) is 0. The Hall–Kier alpha value is -1.55. The van der Waals surface area contributed by atoms with Crippen molar-refractivity contribution in [3.8, 4) is 5.75 Å². The molecular formula is C12H17NO3. The predicted octanol–water partition coefficient (Wildman–Crippen LogP) is 1.48. The number of hydrogen-bond acceptors (Lipinski definition) is 4. The SMILES string of the molecule is COC(=O)C(N)c1ccc(OC)c(C)c1C. The minimum Gasteiger partial charge on any atom is -0.496 e. The number of rotatable bonds is 3. The van der Waals surface area contributed by atoms with Crippen molar-refractivity contribution in [2.45, 2.75) is 19.9 Å². The summed E-state index contributed by atoms with van der Waals surface area (Å²) in [4.78, 5) is 11.4. The van der Waals surface area contributed by atoms with E-state index >= 15 is 0 Å². The minimum absolute atomic E-state index is 0.437. The molecule has 16 heavy (non-hydrogen) atoms. The Kier molecular flexibility index (Phi) is 3.90. The van der Waals surface area contributed by atoms with E-state index in [-0.39, 0.29) is 0 Å². The van der Waals surface area contributed by atoms with Crippen LogP contribution in [-0.4, -0.2) is 20.2 Å². The second kappa shape index (κ2) is 4.99. The van der Waals surface area contributed by atoms with Gasteiger partial charge in [-0.2, -0.15) is 0 Å². The largest absolute Gasteiger partial charge is 0.496 e. The maximum Gasteiger partial charge on any atom is 0.327 e. The molecule has 0 aliphatic rings. The molecule has 88 valence electrons. The Morgan fingerprint density at radius 2 is 1.88 bits per heavy atom. The highest BCUT2D eigenvalue weighted by Gasteiger charge is 2.19. The fourth-order valence-corrected chi connectivity index (χ4v) is 1.63. The van der Waals surface area contributed by atoms with Crippen molar-refractivity contribution in [2.24, 2.45) is 5.73 Å². The maximum absolute atomic E-state index is 11.4. The van der Waals surface area contributed by atoms with Crippen molar-refractivity contribution >= 4 is 5.97 Å². The van der Waals surface area contributed by atoms with Crippen molar-refractivity contribution in [1.29, 1.82) is 0 Å². The molecule has 0 fully saturated rings. The van der Waals surface area contributed by atoms with Crippen LogP contribution in [-0.2, 0) is 9.53 Å². The van der Waals surface area contributed by atoms with Gasteiger partial charge in [0.1, 0.15) is 11.8 Å². The average Bonchev–Trinajstić information content (AvgIpc) is 2.30. The van der Waals surface area contributed by atoms with Gasteiger partial charge in [-0.3, -0.25) is 4.79 Å². The summed E-state index contributed by atoms with van der Waals surface area (Å²) in [5.41, 5.74) is 8.50. The molecule has 4 nitrogen and oxygen atoms in total. The monoisotopic (exact) mass is 223 g/mol. The van der Waals surface area contributed by atoms with Crippen LogP contribution in [0.2, 0.25) is 0 Å². The van der Waals surface area contributed by atoms with Crippen LogP contribution in [0, 0.1) is 13.8 Å². The second-order valence-electron chi connectivity index (χ2n) is 3.61. The summed E-state index contributed by atoms with van der Waals surface area (Å²) in [7, 11) is 2.94. The molecule has 4 heteroatoms. The van der Waals surface area contributed by atoms with Crippen molar-refractivity contribution in [1.82, 2.24) is 0 Å². The fraction of sp³-hybridized carbons (Fsp3) is 0.417. The van der Waals surface area contributed by atoms with Gasteiger partial charge in [-0.1, -0.05) is 6.07 Å². The first kappa shape index (κ1) is 12.5. The molecule has 0 saturated carbocycles. The number of esters is 1. The van der Waals surface area contributed by atoms with Gasteiger partial charge in [0.05, 0.1) is 14.2 Å². The molecule has 0 spiro atoms. The van der Waals surface area contributed by atoms with Gasteiger partial charge in [-0.25, -0.2) is 0 Å². The molecule has 1 unspecified atom stereocenters. The normalized spacial score (nSPS) is 12.1. The molecule has 0 aliphatic heterocycles. The zero-order valence-electron chi connectivity index (χ0n) is 10.0. The third kappa shape index (κ3) is 2.17. The van der Waals surface area contributed by atoms with Gasteiger partial charge in [-0.05, 0) is 36.6 Å². The Morgan fingerprint density at radius 3 is 2.38 bits per heavy atom. The van der Waals surface area contributed by atoms with Gasteiger partial charge in [0.2, 0.25) is 0 Å². The Bertz CT molecular complexity index is 401. The van der Waals surface area contributed by atoms with Crippen LogP contribution in [0.1, 0.15) is 22.7 Å². The van der Waals surface area contributed by atoms with Crippen LogP contribution < -0.4 is 10.5 Å². The van der Waals surface area contributed by atoms with E-state index in [1.165, 1.54) is 7.11 Å². The Balaban J connectivity index is 3.17. The van der Waals surface area contributed by atoms with Gasteiger partial charge in [0.25, 0.3) is 0 Å². The first-order valence-electron chi connectivity index (χ1n) is 5.00. The minimum atomic E-state index is -0.741. The van der Waals surface area contributed by atoms with Gasteiger partial charge in [0.15, 0.2) is 0 Å². The number of nitrogens with two attached hydrogens (primary N) is 1. The summed E-state index contributed by atoms with van der Waals surface area (Å²) in [6, 6.07) is 2.86. The van der Waals surface area contributed by atoms with Crippen LogP contribution in [0.5, 0.6) is 5.75 Å². The number of carbonyl (C=O) groups is 1. The third-order valence-corrected chi connectivity index (χ3v) is 2.79. The highest BCUT2D eigenvalue weighted by molar-refractivity contribution is 5.78. The lowest BCUT2D eigenvalue weighted by Gasteiger charge is -2.16. The molecule has 0 heterocycles. The Morgan fingerprint density at radius 1 is 1.25 bits per heavy atom. The van der Waals surface area contributed by atoms with Crippen molar-refractivity contribution in [3.63, 3.8) is 0 Å². The molecule has 2 N–H and O–H groups in total. The van der Waals surface area contributed by atoms with E-state index in [4.69, 9.17) is 10.5 Å². The quantitative estimate of drug-likeness (QED) is 0.788. The molecule has 1 rings (SSSR count). The highest BCUT2D eigenvalue weighted by Crippen LogP contribution is 2.27. The van der Waals surface area contributed by atoms with Gasteiger partial charge >= 0.3 is 5.97 Å². The van der Waals surface area contributed by atoms with Crippen LogP contribution in [0.15, 0.2) is 12.1 Å². The standard InChI is InChI=1S/C12H17NO3/c1-7-8(2)10(15-3)6-5-9(7)11(13)12(14)16-4/h5-6,11H,13H2,1-4H3. The molecule has 0 amide bonds. The molecule has 1 atom stereocenters. The van der Waals surface area contributed by atoms with E-state index in [0.717, 1.165) is 22.4 Å². The number of methoxy groups -OCH3 is 2. The zero-order valence-corrected chi connectivity index (χ0v) is 10.0. The van der Waals surface area contributed by atoms with E-state index < -0.39 is 12.0 Å². The molecule has 0 bridgehead atoms. The third-order valence-electron chi connectivity index (χ3n) is 2.79. The van der Waals surface area contributed by atoms with Crippen molar-refractivity contribution in [2.75, 3.05) is 14.2 Å². The van der Waals surface area contributed by atoms with Crippen molar-refractivity contribution in [3.05, 3.63) is 28.8 Å². The summed E-state index contributed by atoms with van der Waals surface area (Å²) in [6.45, 7) is 3.84. The lowest BCUT2D eigenvalue weighted by Crippen LogP contribution is -2.23. The highest BCUT2D eigenvalue weighted by atomic mass is 16.5. The number of carbonyl (C=O) groups excluding carboxylic acids is 1. The van der Waals surface area contributed by atoms with Gasteiger partial charge in [0, 0.05) is 0 Å². The summed E-state index contributed by atoms with van der Waals surface area (Å²) >= 11 is 0. The van der Waals surface area contributed by atoms with Crippen LogP contribution in [0.25, 0.3) is 0 Å². The van der Waals surface area contributed by atoms with E-state index in [9.17, 15) is 4.79 Å².